The van der Waals surface area contributed by atoms with Crippen LogP contribution in [-0.2, 0) is 11.3 Å². The van der Waals surface area contributed by atoms with E-state index in [1.54, 1.807) is 0 Å². The highest BCUT2D eigenvalue weighted by Gasteiger charge is 2.17. The summed E-state index contributed by atoms with van der Waals surface area (Å²) in [5, 5.41) is 4.51. The lowest BCUT2D eigenvalue weighted by molar-refractivity contribution is 0.0367. The molecule has 1 N–H and O–H groups in total. The average Bonchev–Trinajstić information content (AvgIpc) is 2.71. The van der Waals surface area contributed by atoms with E-state index in [9.17, 15) is 4.39 Å². The highest BCUT2D eigenvalue weighted by Crippen LogP contribution is 2.18. The molecule has 0 radical (unpaired) electrons. The molecule has 1 saturated heterocycles. The van der Waals surface area contributed by atoms with Crippen molar-refractivity contribution in [3.05, 3.63) is 35.6 Å². The van der Waals surface area contributed by atoms with E-state index in [1.807, 2.05) is 12.1 Å². The number of rotatable bonds is 7. The maximum atomic E-state index is 13.3. The Hall–Kier alpha value is -1.24. The quantitative estimate of drug-likeness (QED) is 0.661. The Labute approximate surface area is 180 Å². The largest absolute Gasteiger partial charge is 0.379 e. The van der Waals surface area contributed by atoms with Gasteiger partial charge in [0.1, 0.15) is 5.82 Å². The zero-order chi connectivity index (χ0) is 20.3. The third-order valence-electron chi connectivity index (χ3n) is 6.01. The molecule has 1 aromatic carbocycles. The topological polar surface area (TPSA) is 27.7 Å². The molecular weight excluding hydrogens is 385 g/mol. The number of nitrogens with one attached hydrogen (secondary N) is 1. The third-order valence-corrected chi connectivity index (χ3v) is 6.39. The fourth-order valence-electron chi connectivity index (χ4n) is 4.24. The molecule has 1 aromatic rings. The molecule has 4 nitrogen and oxygen atoms in total. The molecule has 1 saturated carbocycles. The molecule has 0 spiro atoms. The van der Waals surface area contributed by atoms with Gasteiger partial charge in [0, 0.05) is 38.8 Å². The Morgan fingerprint density at radius 1 is 1.07 bits per heavy atom. The number of benzene rings is 1. The van der Waals surface area contributed by atoms with Crippen LogP contribution in [0, 0.1) is 5.82 Å². The van der Waals surface area contributed by atoms with Crippen molar-refractivity contribution in [2.45, 2.75) is 64.0 Å². The highest BCUT2D eigenvalue weighted by atomic mass is 32.1. The summed E-state index contributed by atoms with van der Waals surface area (Å²) in [7, 11) is 0. The molecule has 0 bridgehead atoms. The van der Waals surface area contributed by atoms with Crippen LogP contribution in [0.4, 0.5) is 4.39 Å². The number of nitrogens with zero attached hydrogens (tertiary/aromatic N) is 2. The number of hydrogen-bond acceptors (Lipinski definition) is 3. The smallest absolute Gasteiger partial charge is 0.169 e. The fourth-order valence-corrected chi connectivity index (χ4v) is 4.56. The van der Waals surface area contributed by atoms with Gasteiger partial charge in [-0.05, 0) is 49.2 Å². The second-order valence-electron chi connectivity index (χ2n) is 8.35. The van der Waals surface area contributed by atoms with Gasteiger partial charge in [-0.15, -0.1) is 0 Å². The second-order valence-corrected chi connectivity index (χ2v) is 8.73. The monoisotopic (exact) mass is 421 g/mol. The van der Waals surface area contributed by atoms with E-state index in [0.29, 0.717) is 6.04 Å². The molecule has 1 aliphatic carbocycles. The van der Waals surface area contributed by atoms with Gasteiger partial charge in [0.15, 0.2) is 5.11 Å². The second kappa shape index (κ2) is 12.5. The van der Waals surface area contributed by atoms with Gasteiger partial charge in [0.25, 0.3) is 0 Å². The first kappa shape index (κ1) is 22.4. The average molecular weight is 422 g/mol. The molecule has 0 atom stereocenters. The first-order valence-corrected chi connectivity index (χ1v) is 11.7. The standard InChI is InChI=1S/C23H36FN3OS/c24-21-11-9-20(10-12-21)19-27(14-6-13-26-15-17-28-18-16-26)23(29)25-22-7-4-2-1-3-5-8-22/h9-12,22H,1-8,13-19H2,(H,25,29). The van der Waals surface area contributed by atoms with E-state index in [0.717, 1.165) is 63.0 Å². The van der Waals surface area contributed by atoms with E-state index in [4.69, 9.17) is 17.0 Å². The SMILES string of the molecule is Fc1ccc(CN(CCCN2CCOCC2)C(=S)NC2CCCCCCC2)cc1. The lowest BCUT2D eigenvalue weighted by Crippen LogP contribution is -2.45. The van der Waals surface area contributed by atoms with Crippen molar-refractivity contribution in [2.75, 3.05) is 39.4 Å². The van der Waals surface area contributed by atoms with Crippen LogP contribution in [0.1, 0.15) is 56.9 Å². The van der Waals surface area contributed by atoms with Gasteiger partial charge < -0.3 is 15.0 Å². The predicted octanol–water partition coefficient (Wildman–Crippen LogP) is 4.34. The molecular formula is C23H36FN3OS. The zero-order valence-corrected chi connectivity index (χ0v) is 18.4. The van der Waals surface area contributed by atoms with E-state index < -0.39 is 0 Å². The molecule has 3 rings (SSSR count). The lowest BCUT2D eigenvalue weighted by atomic mass is 9.97. The highest BCUT2D eigenvalue weighted by molar-refractivity contribution is 7.80. The minimum Gasteiger partial charge on any atom is -0.379 e. The summed E-state index contributed by atoms with van der Waals surface area (Å²) in [6.07, 6.45) is 10.1. The molecule has 2 aliphatic rings. The summed E-state index contributed by atoms with van der Waals surface area (Å²) in [4.78, 5) is 4.73. The number of hydrogen-bond donors (Lipinski definition) is 1. The molecule has 0 unspecified atom stereocenters. The summed E-state index contributed by atoms with van der Waals surface area (Å²) in [5.41, 5.74) is 1.10. The molecule has 0 aromatic heterocycles. The zero-order valence-electron chi connectivity index (χ0n) is 17.6. The van der Waals surface area contributed by atoms with Crippen molar-refractivity contribution in [2.24, 2.45) is 0 Å². The Morgan fingerprint density at radius 2 is 1.72 bits per heavy atom. The maximum absolute atomic E-state index is 13.3. The summed E-state index contributed by atoms with van der Waals surface area (Å²) >= 11 is 5.84. The van der Waals surface area contributed by atoms with Crippen LogP contribution in [-0.4, -0.2) is 60.3 Å². The van der Waals surface area contributed by atoms with Crippen LogP contribution in [0.2, 0.25) is 0 Å². The summed E-state index contributed by atoms with van der Waals surface area (Å²) in [6, 6.07) is 7.28. The number of thiocarbonyl (C=S) groups is 1. The molecule has 6 heteroatoms. The van der Waals surface area contributed by atoms with Gasteiger partial charge in [0.05, 0.1) is 13.2 Å². The Kier molecular flexibility index (Phi) is 9.64. The first-order valence-electron chi connectivity index (χ1n) is 11.3. The van der Waals surface area contributed by atoms with Crippen LogP contribution in [0.15, 0.2) is 24.3 Å². The molecule has 1 aliphatic heterocycles. The van der Waals surface area contributed by atoms with E-state index in [-0.39, 0.29) is 5.82 Å². The predicted molar refractivity (Wildman–Crippen MR) is 121 cm³/mol. The maximum Gasteiger partial charge on any atom is 0.169 e. The van der Waals surface area contributed by atoms with Crippen LogP contribution >= 0.6 is 12.2 Å². The van der Waals surface area contributed by atoms with Crippen LogP contribution in [0.3, 0.4) is 0 Å². The Balaban J connectivity index is 1.55. The van der Waals surface area contributed by atoms with Gasteiger partial charge in [-0.2, -0.15) is 0 Å². The van der Waals surface area contributed by atoms with Crippen molar-refractivity contribution in [3.8, 4) is 0 Å². The normalized spacial score (nSPS) is 19.3. The van der Waals surface area contributed by atoms with Crippen molar-refractivity contribution in [3.63, 3.8) is 0 Å². The fraction of sp³-hybridized carbons (Fsp3) is 0.696. The molecule has 0 amide bonds. The number of morpholine rings is 1. The molecule has 1 heterocycles. The van der Waals surface area contributed by atoms with Gasteiger partial charge in [-0.3, -0.25) is 4.90 Å². The molecule has 29 heavy (non-hydrogen) atoms. The molecule has 2 fully saturated rings. The first-order chi connectivity index (χ1) is 14.2. The van der Waals surface area contributed by atoms with Crippen molar-refractivity contribution < 1.29 is 9.13 Å². The summed E-state index contributed by atoms with van der Waals surface area (Å²) in [6.45, 7) is 6.40. The lowest BCUT2D eigenvalue weighted by Gasteiger charge is -2.32. The van der Waals surface area contributed by atoms with Crippen LogP contribution in [0.25, 0.3) is 0 Å². The Morgan fingerprint density at radius 3 is 2.41 bits per heavy atom. The summed E-state index contributed by atoms with van der Waals surface area (Å²) < 4.78 is 18.7. The molecule has 162 valence electrons. The van der Waals surface area contributed by atoms with Crippen LogP contribution in [0.5, 0.6) is 0 Å². The Bertz CT molecular complexity index is 599. The van der Waals surface area contributed by atoms with Gasteiger partial charge >= 0.3 is 0 Å². The van der Waals surface area contributed by atoms with Gasteiger partial charge in [-0.25, -0.2) is 4.39 Å². The van der Waals surface area contributed by atoms with Crippen molar-refractivity contribution >= 4 is 17.3 Å². The van der Waals surface area contributed by atoms with Gasteiger partial charge in [-0.1, -0.05) is 44.2 Å². The summed E-state index contributed by atoms with van der Waals surface area (Å²) in [5.74, 6) is -0.192. The minimum atomic E-state index is -0.192. The van der Waals surface area contributed by atoms with Crippen LogP contribution < -0.4 is 5.32 Å². The number of halogens is 1. The minimum absolute atomic E-state index is 0.192. The van der Waals surface area contributed by atoms with Gasteiger partial charge in [0.2, 0.25) is 0 Å². The van der Waals surface area contributed by atoms with E-state index in [2.05, 4.69) is 15.1 Å². The number of ether oxygens (including phenoxy) is 1. The van der Waals surface area contributed by atoms with Crippen molar-refractivity contribution in [1.29, 1.82) is 0 Å². The third kappa shape index (κ3) is 8.19. The van der Waals surface area contributed by atoms with E-state index >= 15 is 0 Å². The van der Waals surface area contributed by atoms with E-state index in [1.165, 1.54) is 57.1 Å². The van der Waals surface area contributed by atoms with Crippen molar-refractivity contribution in [1.82, 2.24) is 15.1 Å².